The zero-order valence-corrected chi connectivity index (χ0v) is 14.9. The third-order valence-corrected chi connectivity index (χ3v) is 4.85. The van der Waals surface area contributed by atoms with Crippen molar-refractivity contribution < 1.29 is 4.74 Å². The summed E-state index contributed by atoms with van der Waals surface area (Å²) in [5.74, 6) is 0.978. The summed E-state index contributed by atoms with van der Waals surface area (Å²) in [4.78, 5) is 0.213. The Morgan fingerprint density at radius 1 is 1.05 bits per heavy atom. The number of methoxy groups -OCH3 is 1. The molecular weight excluding hydrogens is 415 g/mol. The fourth-order valence-electron chi connectivity index (χ4n) is 2.31. The van der Waals surface area contributed by atoms with E-state index < -0.39 is 0 Å². The highest BCUT2D eigenvalue weighted by atomic mass is 127. The van der Waals surface area contributed by atoms with Crippen LogP contribution in [0, 0.1) is 17.4 Å². The van der Waals surface area contributed by atoms with Gasteiger partial charge in [-0.3, -0.25) is 0 Å². The molecule has 0 N–H and O–H groups in total. The summed E-state index contributed by atoms with van der Waals surface area (Å²) in [6, 6.07) is 12.9. The second-order valence-corrected chi connectivity index (χ2v) is 6.77. The highest BCUT2D eigenvalue weighted by molar-refractivity contribution is 14.1. The molecule has 0 radical (unpaired) electrons. The average molecular weight is 431 g/mol. The van der Waals surface area contributed by atoms with E-state index in [-0.39, 0.29) is 4.83 Å². The van der Waals surface area contributed by atoms with Crippen LogP contribution in [0.3, 0.4) is 0 Å². The van der Waals surface area contributed by atoms with E-state index in [1.807, 2.05) is 0 Å². The van der Waals surface area contributed by atoms with Gasteiger partial charge in [-0.1, -0.05) is 40.2 Å². The van der Waals surface area contributed by atoms with Crippen molar-refractivity contribution in [3.05, 3.63) is 62.2 Å². The van der Waals surface area contributed by atoms with Crippen molar-refractivity contribution in [2.24, 2.45) is 0 Å². The molecule has 0 fully saturated rings. The van der Waals surface area contributed by atoms with Crippen molar-refractivity contribution in [1.82, 2.24) is 0 Å². The molecule has 0 aliphatic rings. The van der Waals surface area contributed by atoms with Crippen LogP contribution in [0.25, 0.3) is 0 Å². The van der Waals surface area contributed by atoms with Crippen LogP contribution >= 0.6 is 38.5 Å². The molecule has 0 aliphatic heterocycles. The van der Waals surface area contributed by atoms with Crippen LogP contribution in [-0.4, -0.2) is 7.11 Å². The molecule has 2 aromatic rings. The molecule has 0 aliphatic carbocycles. The van der Waals surface area contributed by atoms with Gasteiger partial charge in [0.2, 0.25) is 0 Å². The van der Waals surface area contributed by atoms with Gasteiger partial charge < -0.3 is 4.74 Å². The summed E-state index contributed by atoms with van der Waals surface area (Å²) in [5, 5.41) is 0. The molecular formula is C16H16BrIO. The van der Waals surface area contributed by atoms with Gasteiger partial charge in [0, 0.05) is 3.57 Å². The molecule has 19 heavy (non-hydrogen) atoms. The maximum absolute atomic E-state index is 5.42. The van der Waals surface area contributed by atoms with E-state index >= 15 is 0 Å². The number of ether oxygens (including phenoxy) is 1. The van der Waals surface area contributed by atoms with Gasteiger partial charge in [-0.25, -0.2) is 0 Å². The van der Waals surface area contributed by atoms with Crippen LogP contribution in [0.1, 0.15) is 27.1 Å². The van der Waals surface area contributed by atoms with Gasteiger partial charge >= 0.3 is 0 Å². The normalized spacial score (nSPS) is 12.3. The maximum atomic E-state index is 5.42. The number of alkyl halides is 1. The molecule has 0 heterocycles. The topological polar surface area (TPSA) is 9.23 Å². The highest BCUT2D eigenvalue weighted by Crippen LogP contribution is 2.35. The van der Waals surface area contributed by atoms with Crippen molar-refractivity contribution in [1.29, 1.82) is 0 Å². The van der Waals surface area contributed by atoms with Crippen LogP contribution in [0.2, 0.25) is 0 Å². The third-order valence-electron chi connectivity index (χ3n) is 3.12. The Balaban J connectivity index is 2.42. The monoisotopic (exact) mass is 430 g/mol. The Labute approximate surface area is 136 Å². The predicted molar refractivity (Wildman–Crippen MR) is 92.4 cm³/mol. The second-order valence-electron chi connectivity index (χ2n) is 4.61. The first-order valence-corrected chi connectivity index (χ1v) is 8.07. The molecule has 1 nitrogen and oxygen atoms in total. The molecule has 0 saturated heterocycles. The quantitative estimate of drug-likeness (QED) is 0.467. The first-order chi connectivity index (χ1) is 9.02. The van der Waals surface area contributed by atoms with Crippen molar-refractivity contribution in [2.45, 2.75) is 18.7 Å². The molecule has 0 saturated carbocycles. The minimum atomic E-state index is 0.213. The summed E-state index contributed by atoms with van der Waals surface area (Å²) in [6.45, 7) is 4.17. The Kier molecular flexibility index (Phi) is 4.90. The third kappa shape index (κ3) is 3.31. The van der Waals surface area contributed by atoms with E-state index in [4.69, 9.17) is 4.74 Å². The summed E-state index contributed by atoms with van der Waals surface area (Å²) in [7, 11) is 1.72. The van der Waals surface area contributed by atoms with E-state index in [0.29, 0.717) is 0 Å². The highest BCUT2D eigenvalue weighted by Gasteiger charge is 2.14. The molecule has 0 aromatic heterocycles. The Morgan fingerprint density at radius 3 is 2.21 bits per heavy atom. The molecule has 0 bridgehead atoms. The van der Waals surface area contributed by atoms with Gasteiger partial charge in [-0.05, 0) is 70.8 Å². The SMILES string of the molecule is COc1c(C)cc(C(Br)c2cccc(I)c2)cc1C. The minimum absolute atomic E-state index is 0.213. The van der Waals surface area contributed by atoms with Gasteiger partial charge in [0.1, 0.15) is 5.75 Å². The number of hydrogen-bond acceptors (Lipinski definition) is 1. The van der Waals surface area contributed by atoms with E-state index in [2.05, 4.69) is 88.8 Å². The zero-order chi connectivity index (χ0) is 14.0. The molecule has 0 amide bonds. The Hall–Kier alpha value is -0.550. The zero-order valence-electron chi connectivity index (χ0n) is 11.2. The first-order valence-electron chi connectivity index (χ1n) is 6.07. The Morgan fingerprint density at radius 2 is 1.68 bits per heavy atom. The van der Waals surface area contributed by atoms with E-state index in [0.717, 1.165) is 5.75 Å². The first kappa shape index (κ1) is 14.9. The average Bonchev–Trinajstić information content (AvgIpc) is 2.37. The summed E-state index contributed by atoms with van der Waals surface area (Å²) >= 11 is 6.14. The van der Waals surface area contributed by atoms with Crippen LogP contribution in [0.15, 0.2) is 36.4 Å². The molecule has 100 valence electrons. The number of halogens is 2. The van der Waals surface area contributed by atoms with Gasteiger partial charge in [0.05, 0.1) is 11.9 Å². The van der Waals surface area contributed by atoms with Gasteiger partial charge in [0.25, 0.3) is 0 Å². The van der Waals surface area contributed by atoms with Crippen molar-refractivity contribution in [2.75, 3.05) is 7.11 Å². The largest absolute Gasteiger partial charge is 0.496 e. The standard InChI is InChI=1S/C16H16BrIO/c1-10-7-13(8-11(2)16(10)19-3)15(17)12-5-4-6-14(18)9-12/h4-9,15H,1-3H3. The van der Waals surface area contributed by atoms with Crippen LogP contribution in [0.4, 0.5) is 0 Å². The number of benzene rings is 2. The van der Waals surface area contributed by atoms with Crippen molar-refractivity contribution in [3.8, 4) is 5.75 Å². The predicted octanol–water partition coefficient (Wildman–Crippen LogP) is 5.40. The van der Waals surface area contributed by atoms with E-state index in [9.17, 15) is 0 Å². The second kappa shape index (κ2) is 6.27. The number of aryl methyl sites for hydroxylation is 2. The van der Waals surface area contributed by atoms with Crippen molar-refractivity contribution in [3.63, 3.8) is 0 Å². The summed E-state index contributed by atoms with van der Waals surface area (Å²) < 4.78 is 6.67. The molecule has 0 spiro atoms. The van der Waals surface area contributed by atoms with Crippen LogP contribution < -0.4 is 4.74 Å². The minimum Gasteiger partial charge on any atom is -0.496 e. The van der Waals surface area contributed by atoms with E-state index in [1.165, 1.54) is 25.8 Å². The van der Waals surface area contributed by atoms with Crippen molar-refractivity contribution >= 4 is 38.5 Å². The molecule has 1 unspecified atom stereocenters. The molecule has 2 rings (SSSR count). The van der Waals surface area contributed by atoms with Gasteiger partial charge in [0.15, 0.2) is 0 Å². The van der Waals surface area contributed by atoms with E-state index in [1.54, 1.807) is 7.11 Å². The molecule has 1 atom stereocenters. The number of hydrogen-bond donors (Lipinski definition) is 0. The Bertz CT molecular complexity index is 572. The molecule has 2 aromatic carbocycles. The fraction of sp³-hybridized carbons (Fsp3) is 0.250. The maximum Gasteiger partial charge on any atom is 0.124 e. The van der Waals surface area contributed by atoms with Crippen LogP contribution in [-0.2, 0) is 0 Å². The molecule has 3 heteroatoms. The van der Waals surface area contributed by atoms with Gasteiger partial charge in [-0.2, -0.15) is 0 Å². The lowest BCUT2D eigenvalue weighted by atomic mass is 10.00. The lowest BCUT2D eigenvalue weighted by Crippen LogP contribution is -1.98. The van der Waals surface area contributed by atoms with Crippen LogP contribution in [0.5, 0.6) is 5.75 Å². The lowest BCUT2D eigenvalue weighted by Gasteiger charge is -2.16. The number of rotatable bonds is 3. The summed E-state index contributed by atoms with van der Waals surface area (Å²) in [6.07, 6.45) is 0. The smallest absolute Gasteiger partial charge is 0.124 e. The lowest BCUT2D eigenvalue weighted by molar-refractivity contribution is 0.408. The summed E-state index contributed by atoms with van der Waals surface area (Å²) in [5.41, 5.74) is 4.88. The van der Waals surface area contributed by atoms with Gasteiger partial charge in [-0.15, -0.1) is 0 Å². The fourth-order valence-corrected chi connectivity index (χ4v) is 3.43.